The molecule has 126 valence electrons. The summed E-state index contributed by atoms with van der Waals surface area (Å²) in [7, 11) is 0. The standard InChI is InChI=1S/C18H21FN4O/c19-17-5-2-1-4-14(17)13-24-16-10-15-11-23(9-8-22(15)12-16)18-20-6-3-7-21-18/h1-7,15-16H,8-13H2/t15-,16-/m1/s1. The summed E-state index contributed by atoms with van der Waals surface area (Å²) < 4.78 is 19.7. The summed E-state index contributed by atoms with van der Waals surface area (Å²) in [6.45, 7) is 4.10. The van der Waals surface area contributed by atoms with Gasteiger partial charge in [-0.25, -0.2) is 14.4 Å². The third kappa shape index (κ3) is 3.25. The van der Waals surface area contributed by atoms with Crippen molar-refractivity contribution in [2.75, 3.05) is 31.1 Å². The van der Waals surface area contributed by atoms with Crippen LogP contribution in [0.4, 0.5) is 10.3 Å². The van der Waals surface area contributed by atoms with Crippen LogP contribution in [-0.2, 0) is 11.3 Å². The van der Waals surface area contributed by atoms with E-state index in [0.717, 1.165) is 38.5 Å². The van der Waals surface area contributed by atoms with E-state index in [2.05, 4.69) is 19.8 Å². The van der Waals surface area contributed by atoms with Gasteiger partial charge in [0.2, 0.25) is 5.95 Å². The molecule has 5 nitrogen and oxygen atoms in total. The largest absolute Gasteiger partial charge is 0.372 e. The number of hydrogen-bond acceptors (Lipinski definition) is 5. The molecule has 6 heteroatoms. The zero-order valence-electron chi connectivity index (χ0n) is 13.5. The minimum atomic E-state index is -0.194. The number of benzene rings is 1. The van der Waals surface area contributed by atoms with Crippen LogP contribution in [0.3, 0.4) is 0 Å². The van der Waals surface area contributed by atoms with E-state index in [0.29, 0.717) is 18.2 Å². The number of ether oxygens (including phenoxy) is 1. The zero-order valence-corrected chi connectivity index (χ0v) is 13.5. The molecule has 2 aliphatic heterocycles. The van der Waals surface area contributed by atoms with Crippen molar-refractivity contribution in [1.82, 2.24) is 14.9 Å². The van der Waals surface area contributed by atoms with Crippen LogP contribution in [0.25, 0.3) is 0 Å². The lowest BCUT2D eigenvalue weighted by Crippen LogP contribution is -2.50. The first-order valence-electron chi connectivity index (χ1n) is 8.40. The first-order valence-corrected chi connectivity index (χ1v) is 8.40. The van der Waals surface area contributed by atoms with Crippen LogP contribution < -0.4 is 4.90 Å². The van der Waals surface area contributed by atoms with Crippen molar-refractivity contribution >= 4 is 5.95 Å². The molecule has 2 fully saturated rings. The SMILES string of the molecule is Fc1ccccc1CO[C@@H]1C[C@@H]2CN(c3ncccn3)CCN2C1. The van der Waals surface area contributed by atoms with Gasteiger partial charge in [-0.3, -0.25) is 4.90 Å². The van der Waals surface area contributed by atoms with Crippen LogP contribution in [0.15, 0.2) is 42.7 Å². The Kier molecular flexibility index (Phi) is 4.40. The van der Waals surface area contributed by atoms with Gasteiger partial charge < -0.3 is 9.64 Å². The second-order valence-corrected chi connectivity index (χ2v) is 6.40. The highest BCUT2D eigenvalue weighted by molar-refractivity contribution is 5.30. The highest BCUT2D eigenvalue weighted by atomic mass is 19.1. The van der Waals surface area contributed by atoms with Gasteiger partial charge in [-0.2, -0.15) is 0 Å². The van der Waals surface area contributed by atoms with Gasteiger partial charge in [0.1, 0.15) is 5.82 Å². The van der Waals surface area contributed by atoms with Crippen LogP contribution in [0, 0.1) is 5.82 Å². The van der Waals surface area contributed by atoms with Crippen molar-refractivity contribution in [3.8, 4) is 0 Å². The lowest BCUT2D eigenvalue weighted by Gasteiger charge is -2.37. The van der Waals surface area contributed by atoms with Crippen LogP contribution in [0.5, 0.6) is 0 Å². The van der Waals surface area contributed by atoms with Crippen LogP contribution in [0.2, 0.25) is 0 Å². The van der Waals surface area contributed by atoms with Gasteiger partial charge in [0.25, 0.3) is 0 Å². The minimum Gasteiger partial charge on any atom is -0.372 e. The normalized spacial score (nSPS) is 24.1. The molecule has 0 unspecified atom stereocenters. The fourth-order valence-corrected chi connectivity index (χ4v) is 3.58. The summed E-state index contributed by atoms with van der Waals surface area (Å²) in [6, 6.07) is 9.10. The van der Waals surface area contributed by atoms with Crippen molar-refractivity contribution in [2.45, 2.75) is 25.2 Å². The van der Waals surface area contributed by atoms with Gasteiger partial charge in [0.05, 0.1) is 12.7 Å². The number of fused-ring (bicyclic) bond motifs is 1. The molecule has 0 saturated carbocycles. The van der Waals surface area contributed by atoms with Gasteiger partial charge in [0.15, 0.2) is 0 Å². The van der Waals surface area contributed by atoms with Crippen molar-refractivity contribution in [1.29, 1.82) is 0 Å². The van der Waals surface area contributed by atoms with Crippen LogP contribution >= 0.6 is 0 Å². The maximum Gasteiger partial charge on any atom is 0.225 e. The molecule has 2 saturated heterocycles. The van der Waals surface area contributed by atoms with E-state index >= 15 is 0 Å². The highest BCUT2D eigenvalue weighted by Gasteiger charge is 2.37. The van der Waals surface area contributed by atoms with Crippen molar-refractivity contribution in [3.05, 3.63) is 54.1 Å². The van der Waals surface area contributed by atoms with E-state index in [1.54, 1.807) is 24.5 Å². The number of nitrogens with zero attached hydrogens (tertiary/aromatic N) is 4. The summed E-state index contributed by atoms with van der Waals surface area (Å²) >= 11 is 0. The number of hydrogen-bond donors (Lipinski definition) is 0. The topological polar surface area (TPSA) is 41.5 Å². The van der Waals surface area contributed by atoms with E-state index in [4.69, 9.17) is 4.74 Å². The van der Waals surface area contributed by atoms with E-state index in [1.165, 1.54) is 6.07 Å². The van der Waals surface area contributed by atoms with Crippen molar-refractivity contribution in [2.24, 2.45) is 0 Å². The molecule has 24 heavy (non-hydrogen) atoms. The molecule has 0 amide bonds. The summed E-state index contributed by atoms with van der Waals surface area (Å²) in [4.78, 5) is 13.4. The Labute approximate surface area is 141 Å². The maximum absolute atomic E-state index is 13.7. The quantitative estimate of drug-likeness (QED) is 0.860. The van der Waals surface area contributed by atoms with Gasteiger partial charge >= 0.3 is 0 Å². The molecule has 4 rings (SSSR count). The maximum atomic E-state index is 13.7. The molecule has 0 bridgehead atoms. The second-order valence-electron chi connectivity index (χ2n) is 6.40. The average Bonchev–Trinajstić information content (AvgIpc) is 3.04. The van der Waals surface area contributed by atoms with E-state index in [-0.39, 0.29) is 11.9 Å². The molecule has 0 radical (unpaired) electrons. The number of anilines is 1. The van der Waals surface area contributed by atoms with Crippen molar-refractivity contribution < 1.29 is 9.13 Å². The molecule has 1 aromatic heterocycles. The molecule has 0 aliphatic carbocycles. The third-order valence-electron chi connectivity index (χ3n) is 4.85. The average molecular weight is 328 g/mol. The summed E-state index contributed by atoms with van der Waals surface area (Å²) in [5, 5.41) is 0. The molecule has 0 N–H and O–H groups in total. The third-order valence-corrected chi connectivity index (χ3v) is 4.85. The number of aromatic nitrogens is 2. The molecule has 2 aromatic rings. The van der Waals surface area contributed by atoms with Gasteiger partial charge in [0, 0.05) is 50.2 Å². The Hall–Kier alpha value is -2.05. The molecule has 1 aromatic carbocycles. The Balaban J connectivity index is 1.34. The first-order chi connectivity index (χ1) is 11.8. The smallest absolute Gasteiger partial charge is 0.225 e. The first kappa shape index (κ1) is 15.5. The summed E-state index contributed by atoms with van der Waals surface area (Å²) in [6.07, 6.45) is 4.69. The molecule has 2 aliphatic rings. The van der Waals surface area contributed by atoms with E-state index in [1.807, 2.05) is 12.1 Å². The monoisotopic (exact) mass is 328 g/mol. The fraction of sp³-hybridized carbons (Fsp3) is 0.444. The number of piperazine rings is 1. The minimum absolute atomic E-state index is 0.159. The predicted octanol–water partition coefficient (Wildman–Crippen LogP) is 2.10. The van der Waals surface area contributed by atoms with Gasteiger partial charge in [-0.15, -0.1) is 0 Å². The summed E-state index contributed by atoms with van der Waals surface area (Å²) in [5.74, 6) is 0.605. The van der Waals surface area contributed by atoms with Crippen molar-refractivity contribution in [3.63, 3.8) is 0 Å². The van der Waals surface area contributed by atoms with Crippen LogP contribution in [-0.4, -0.2) is 53.2 Å². The fourth-order valence-electron chi connectivity index (χ4n) is 3.58. The predicted molar refractivity (Wildman–Crippen MR) is 89.2 cm³/mol. The lowest BCUT2D eigenvalue weighted by atomic mass is 10.1. The molecule has 0 spiro atoms. The summed E-state index contributed by atoms with van der Waals surface area (Å²) in [5.41, 5.74) is 0.627. The Morgan fingerprint density at radius 3 is 2.75 bits per heavy atom. The molecule has 2 atom stereocenters. The molecular weight excluding hydrogens is 307 g/mol. The Bertz CT molecular complexity index is 684. The molecule has 3 heterocycles. The number of rotatable bonds is 4. The van der Waals surface area contributed by atoms with E-state index in [9.17, 15) is 4.39 Å². The Morgan fingerprint density at radius 2 is 1.92 bits per heavy atom. The molecular formula is C18H21FN4O. The van der Waals surface area contributed by atoms with E-state index < -0.39 is 0 Å². The van der Waals surface area contributed by atoms with Gasteiger partial charge in [-0.1, -0.05) is 18.2 Å². The highest BCUT2D eigenvalue weighted by Crippen LogP contribution is 2.26. The van der Waals surface area contributed by atoms with Crippen LogP contribution in [0.1, 0.15) is 12.0 Å². The van der Waals surface area contributed by atoms with Gasteiger partial charge in [-0.05, 0) is 18.6 Å². The Morgan fingerprint density at radius 1 is 1.08 bits per heavy atom. The number of halogens is 1. The lowest BCUT2D eigenvalue weighted by molar-refractivity contribution is 0.0454. The zero-order chi connectivity index (χ0) is 16.4. The second kappa shape index (κ2) is 6.83.